The van der Waals surface area contributed by atoms with E-state index in [-0.39, 0.29) is 5.56 Å². The molecule has 0 aliphatic rings. The molecule has 0 heterocycles. The average Bonchev–Trinajstić information content (AvgIpc) is 2.23. The number of carbonyl (C=O) groups excluding carboxylic acids is 1. The minimum Gasteiger partial charge on any atom is -0.480 e. The van der Waals surface area contributed by atoms with Crippen LogP contribution in [0.15, 0.2) is 22.7 Å². The highest BCUT2D eigenvalue weighted by molar-refractivity contribution is 9.10. The molecule has 92 valence electrons. The summed E-state index contributed by atoms with van der Waals surface area (Å²) in [4.78, 5) is 22.1. The van der Waals surface area contributed by atoms with Crippen molar-refractivity contribution >= 4 is 27.8 Å². The van der Waals surface area contributed by atoms with Gasteiger partial charge in [0.05, 0.1) is 6.61 Å². The van der Waals surface area contributed by atoms with Gasteiger partial charge in [0.15, 0.2) is 6.04 Å². The number of benzene rings is 1. The monoisotopic (exact) mass is 305 g/mol. The number of hydrogen-bond donors (Lipinski definition) is 3. The molecule has 0 aliphatic carbocycles. The largest absolute Gasteiger partial charge is 0.480 e. The Morgan fingerprint density at radius 2 is 2.06 bits per heavy atom. The third-order valence-electron chi connectivity index (χ3n) is 1.91. The second kappa shape index (κ2) is 5.74. The third-order valence-corrected chi connectivity index (χ3v) is 2.37. The van der Waals surface area contributed by atoms with Gasteiger partial charge in [0, 0.05) is 10.0 Å². The number of carboxylic acid groups (broad SMARTS) is 1. The summed E-state index contributed by atoms with van der Waals surface area (Å²) in [6.07, 6.45) is 0. The Labute approximate surface area is 104 Å². The molecule has 7 heteroatoms. The van der Waals surface area contributed by atoms with E-state index in [1.807, 2.05) is 0 Å². The zero-order valence-electron chi connectivity index (χ0n) is 8.48. The molecule has 1 rings (SSSR count). The van der Waals surface area contributed by atoms with Gasteiger partial charge in [-0.1, -0.05) is 15.9 Å². The van der Waals surface area contributed by atoms with Crippen LogP contribution in [0.25, 0.3) is 0 Å². The number of nitrogens with one attached hydrogen (secondary N) is 1. The fraction of sp³-hybridized carbons (Fsp3) is 0.200. The lowest BCUT2D eigenvalue weighted by molar-refractivity contribution is -0.140. The minimum atomic E-state index is -1.41. The number of carboxylic acids is 1. The first-order valence-electron chi connectivity index (χ1n) is 4.54. The van der Waals surface area contributed by atoms with Crippen LogP contribution in [0.2, 0.25) is 0 Å². The summed E-state index contributed by atoms with van der Waals surface area (Å²) in [5.41, 5.74) is -0.0309. The number of halogens is 2. The summed E-state index contributed by atoms with van der Waals surface area (Å²) >= 11 is 3.01. The molecular formula is C10H9BrFNO4. The predicted octanol–water partition coefficient (Wildman–Crippen LogP) is 0.764. The smallest absolute Gasteiger partial charge is 0.328 e. The molecule has 1 unspecified atom stereocenters. The van der Waals surface area contributed by atoms with Gasteiger partial charge in [-0.3, -0.25) is 4.79 Å². The van der Waals surface area contributed by atoms with Gasteiger partial charge >= 0.3 is 5.97 Å². The molecule has 1 amide bonds. The van der Waals surface area contributed by atoms with Crippen molar-refractivity contribution in [3.05, 3.63) is 34.1 Å². The lowest BCUT2D eigenvalue weighted by Gasteiger charge is -2.11. The first kappa shape index (κ1) is 13.6. The van der Waals surface area contributed by atoms with Gasteiger partial charge < -0.3 is 15.5 Å². The number of carbonyl (C=O) groups is 2. The van der Waals surface area contributed by atoms with E-state index < -0.39 is 30.3 Å². The molecule has 1 aromatic rings. The predicted molar refractivity (Wildman–Crippen MR) is 60.1 cm³/mol. The second-order valence-corrected chi connectivity index (χ2v) is 4.12. The first-order valence-corrected chi connectivity index (χ1v) is 5.34. The van der Waals surface area contributed by atoms with Gasteiger partial charge in [0.1, 0.15) is 5.82 Å². The molecule has 0 saturated heterocycles. The van der Waals surface area contributed by atoms with Crippen molar-refractivity contribution in [2.45, 2.75) is 6.04 Å². The summed E-state index contributed by atoms with van der Waals surface area (Å²) in [5, 5.41) is 19.4. The summed E-state index contributed by atoms with van der Waals surface area (Å²) in [5.74, 6) is -2.76. The standard InChI is InChI=1S/C10H9BrFNO4/c11-6-1-5(2-7(12)3-6)9(15)13-8(4-14)10(16)17/h1-3,8,14H,4H2,(H,13,15)(H,16,17). The van der Waals surface area contributed by atoms with Gasteiger partial charge in [-0.25, -0.2) is 9.18 Å². The maximum Gasteiger partial charge on any atom is 0.328 e. The van der Waals surface area contributed by atoms with Crippen molar-refractivity contribution in [3.8, 4) is 0 Å². The van der Waals surface area contributed by atoms with Crippen molar-refractivity contribution in [3.63, 3.8) is 0 Å². The highest BCUT2D eigenvalue weighted by atomic mass is 79.9. The molecule has 0 radical (unpaired) electrons. The van der Waals surface area contributed by atoms with E-state index in [0.717, 1.165) is 12.1 Å². The molecule has 17 heavy (non-hydrogen) atoms. The third kappa shape index (κ3) is 3.79. The Kier molecular flexibility index (Phi) is 4.59. The SMILES string of the molecule is O=C(NC(CO)C(=O)O)c1cc(F)cc(Br)c1. The molecule has 0 saturated carbocycles. The zero-order valence-corrected chi connectivity index (χ0v) is 10.1. The van der Waals surface area contributed by atoms with Crippen LogP contribution < -0.4 is 5.32 Å². The Balaban J connectivity index is 2.86. The maximum absolute atomic E-state index is 13.0. The zero-order chi connectivity index (χ0) is 13.0. The van der Waals surface area contributed by atoms with Crippen LogP contribution >= 0.6 is 15.9 Å². The van der Waals surface area contributed by atoms with Crippen LogP contribution in [0, 0.1) is 5.82 Å². The molecule has 0 aromatic heterocycles. The number of rotatable bonds is 4. The van der Waals surface area contributed by atoms with E-state index in [9.17, 15) is 14.0 Å². The molecule has 5 nitrogen and oxygen atoms in total. The first-order chi connectivity index (χ1) is 7.93. The lowest BCUT2D eigenvalue weighted by atomic mass is 10.2. The molecule has 0 spiro atoms. The Morgan fingerprint density at radius 3 is 2.53 bits per heavy atom. The normalized spacial score (nSPS) is 11.9. The van der Waals surface area contributed by atoms with Crippen molar-refractivity contribution in [2.75, 3.05) is 6.61 Å². The number of amides is 1. The van der Waals surface area contributed by atoms with E-state index in [2.05, 4.69) is 21.2 Å². The van der Waals surface area contributed by atoms with E-state index in [1.165, 1.54) is 6.07 Å². The van der Waals surface area contributed by atoms with Gasteiger partial charge in [0.2, 0.25) is 0 Å². The van der Waals surface area contributed by atoms with Crippen molar-refractivity contribution in [2.24, 2.45) is 0 Å². The molecule has 3 N–H and O–H groups in total. The quantitative estimate of drug-likeness (QED) is 0.766. The summed E-state index contributed by atoms with van der Waals surface area (Å²) < 4.78 is 13.4. The molecule has 0 fully saturated rings. The van der Waals surface area contributed by atoms with Crippen molar-refractivity contribution < 1.29 is 24.2 Å². The van der Waals surface area contributed by atoms with Crippen LogP contribution in [0.3, 0.4) is 0 Å². The van der Waals surface area contributed by atoms with Crippen LogP contribution in [-0.4, -0.2) is 34.7 Å². The molecule has 1 atom stereocenters. The van der Waals surface area contributed by atoms with Crippen LogP contribution in [-0.2, 0) is 4.79 Å². The highest BCUT2D eigenvalue weighted by Crippen LogP contribution is 2.14. The average molecular weight is 306 g/mol. The Bertz CT molecular complexity index is 432. The second-order valence-electron chi connectivity index (χ2n) is 3.20. The summed E-state index contributed by atoms with van der Waals surface area (Å²) in [7, 11) is 0. The molecule has 0 bridgehead atoms. The van der Waals surface area contributed by atoms with Crippen LogP contribution in [0.4, 0.5) is 4.39 Å². The topological polar surface area (TPSA) is 86.6 Å². The van der Waals surface area contributed by atoms with Gasteiger partial charge in [-0.05, 0) is 18.2 Å². The van der Waals surface area contributed by atoms with Crippen molar-refractivity contribution in [1.82, 2.24) is 5.32 Å². The minimum absolute atomic E-state index is 0.0309. The Hall–Kier alpha value is -1.47. The van der Waals surface area contributed by atoms with E-state index in [4.69, 9.17) is 10.2 Å². The van der Waals surface area contributed by atoms with E-state index in [1.54, 1.807) is 0 Å². The van der Waals surface area contributed by atoms with Crippen LogP contribution in [0.1, 0.15) is 10.4 Å². The summed E-state index contributed by atoms with van der Waals surface area (Å²) in [6.45, 7) is -0.739. The fourth-order valence-corrected chi connectivity index (χ4v) is 1.58. The number of aliphatic hydroxyl groups excluding tert-OH is 1. The van der Waals surface area contributed by atoms with Crippen LogP contribution in [0.5, 0.6) is 0 Å². The Morgan fingerprint density at radius 1 is 1.41 bits per heavy atom. The van der Waals surface area contributed by atoms with E-state index in [0.29, 0.717) is 4.47 Å². The molecule has 0 aliphatic heterocycles. The number of aliphatic hydroxyl groups is 1. The van der Waals surface area contributed by atoms with E-state index >= 15 is 0 Å². The molecular weight excluding hydrogens is 297 g/mol. The number of aliphatic carboxylic acids is 1. The van der Waals surface area contributed by atoms with Crippen molar-refractivity contribution in [1.29, 1.82) is 0 Å². The van der Waals surface area contributed by atoms with Gasteiger partial charge in [-0.15, -0.1) is 0 Å². The van der Waals surface area contributed by atoms with Gasteiger partial charge in [-0.2, -0.15) is 0 Å². The molecule has 1 aromatic carbocycles. The van der Waals surface area contributed by atoms with Gasteiger partial charge in [0.25, 0.3) is 5.91 Å². The number of hydrogen-bond acceptors (Lipinski definition) is 3. The lowest BCUT2D eigenvalue weighted by Crippen LogP contribution is -2.43. The highest BCUT2D eigenvalue weighted by Gasteiger charge is 2.19. The summed E-state index contributed by atoms with van der Waals surface area (Å²) in [6, 6.07) is 2.06. The fourth-order valence-electron chi connectivity index (χ4n) is 1.11. The maximum atomic E-state index is 13.0.